The van der Waals surface area contributed by atoms with E-state index in [1.54, 1.807) is 6.07 Å². The molecule has 1 aliphatic rings. The van der Waals surface area contributed by atoms with Gasteiger partial charge in [-0.25, -0.2) is 0 Å². The van der Waals surface area contributed by atoms with Crippen LogP contribution in [-0.2, 0) is 6.18 Å². The van der Waals surface area contributed by atoms with Crippen molar-refractivity contribution in [3.63, 3.8) is 0 Å². The van der Waals surface area contributed by atoms with Crippen LogP contribution in [0.2, 0.25) is 0 Å². The first-order valence-electron chi connectivity index (χ1n) is 6.90. The molecule has 0 heterocycles. The summed E-state index contributed by atoms with van der Waals surface area (Å²) in [5.41, 5.74) is -0.412. The third-order valence-corrected chi connectivity index (χ3v) is 4.55. The Hall–Kier alpha value is -0.710. The summed E-state index contributed by atoms with van der Waals surface area (Å²) in [6.07, 6.45) is -1.28. The first kappa shape index (κ1) is 15.7. The number of hydrogen-bond acceptors (Lipinski definition) is 1. The van der Waals surface area contributed by atoms with Gasteiger partial charge in [-0.2, -0.15) is 13.2 Å². The fourth-order valence-corrected chi connectivity index (χ4v) is 3.32. The van der Waals surface area contributed by atoms with Gasteiger partial charge in [0.15, 0.2) is 0 Å². The molecule has 1 aromatic carbocycles. The molecule has 1 aliphatic carbocycles. The van der Waals surface area contributed by atoms with Crippen molar-refractivity contribution in [2.24, 2.45) is 11.8 Å². The molecule has 3 atom stereocenters. The van der Waals surface area contributed by atoms with Gasteiger partial charge in [0.25, 0.3) is 0 Å². The Morgan fingerprint density at radius 3 is 2.50 bits per heavy atom. The second-order valence-corrected chi connectivity index (χ2v) is 6.75. The lowest BCUT2D eigenvalue weighted by molar-refractivity contribution is -0.137. The summed E-state index contributed by atoms with van der Waals surface area (Å²) < 4.78 is 39.7. The molecular formula is C15H19BrF3N. The third kappa shape index (κ3) is 3.68. The van der Waals surface area contributed by atoms with Crippen LogP contribution in [0.3, 0.4) is 0 Å². The standard InChI is InChI=1S/C15H19BrF3N/c1-9-3-5-13(10(2)7-9)20-14-6-4-11(16)8-12(14)15(17,18)19/h4,6,8-10,13,20H,3,5,7H2,1-2H3. The molecule has 0 amide bonds. The molecule has 1 aromatic rings. The van der Waals surface area contributed by atoms with Crippen molar-refractivity contribution in [2.45, 2.75) is 45.3 Å². The Labute approximate surface area is 126 Å². The van der Waals surface area contributed by atoms with Gasteiger partial charge in [0.1, 0.15) is 0 Å². The predicted molar refractivity (Wildman–Crippen MR) is 78.7 cm³/mol. The molecule has 5 heteroatoms. The van der Waals surface area contributed by atoms with Crippen molar-refractivity contribution in [3.8, 4) is 0 Å². The lowest BCUT2D eigenvalue weighted by atomic mass is 9.79. The molecule has 0 spiro atoms. The average Bonchev–Trinajstić information content (AvgIpc) is 2.33. The van der Waals surface area contributed by atoms with Crippen LogP contribution in [0.4, 0.5) is 18.9 Å². The molecular weight excluding hydrogens is 331 g/mol. The van der Waals surface area contributed by atoms with E-state index < -0.39 is 11.7 Å². The van der Waals surface area contributed by atoms with Crippen LogP contribution in [0.25, 0.3) is 0 Å². The fraction of sp³-hybridized carbons (Fsp3) is 0.600. The number of benzene rings is 1. The Morgan fingerprint density at radius 1 is 1.20 bits per heavy atom. The highest BCUT2D eigenvalue weighted by atomic mass is 79.9. The molecule has 3 unspecified atom stereocenters. The van der Waals surface area contributed by atoms with Gasteiger partial charge in [0.2, 0.25) is 0 Å². The van der Waals surface area contributed by atoms with Crippen LogP contribution >= 0.6 is 15.9 Å². The molecule has 112 valence electrons. The van der Waals surface area contributed by atoms with Crippen LogP contribution in [-0.4, -0.2) is 6.04 Å². The third-order valence-electron chi connectivity index (χ3n) is 4.06. The zero-order valence-electron chi connectivity index (χ0n) is 11.6. The molecule has 1 saturated carbocycles. The summed E-state index contributed by atoms with van der Waals surface area (Å²) in [6.45, 7) is 4.31. The van der Waals surface area contributed by atoms with Crippen molar-refractivity contribution in [1.82, 2.24) is 0 Å². The van der Waals surface area contributed by atoms with E-state index >= 15 is 0 Å². The van der Waals surface area contributed by atoms with E-state index in [4.69, 9.17) is 0 Å². The van der Waals surface area contributed by atoms with Gasteiger partial charge in [0.05, 0.1) is 5.56 Å². The largest absolute Gasteiger partial charge is 0.418 e. The Morgan fingerprint density at radius 2 is 1.90 bits per heavy atom. The summed E-state index contributed by atoms with van der Waals surface area (Å²) >= 11 is 3.11. The fourth-order valence-electron chi connectivity index (χ4n) is 2.96. The van der Waals surface area contributed by atoms with E-state index in [9.17, 15) is 13.2 Å². The minimum atomic E-state index is -4.34. The van der Waals surface area contributed by atoms with E-state index in [2.05, 4.69) is 35.1 Å². The van der Waals surface area contributed by atoms with E-state index in [1.165, 1.54) is 6.07 Å². The van der Waals surface area contributed by atoms with Gasteiger partial charge in [-0.15, -0.1) is 0 Å². The van der Waals surface area contributed by atoms with E-state index in [0.29, 0.717) is 16.3 Å². The summed E-state index contributed by atoms with van der Waals surface area (Å²) in [7, 11) is 0. The normalized spacial score (nSPS) is 27.4. The molecule has 0 aromatic heterocycles. The topological polar surface area (TPSA) is 12.0 Å². The summed E-state index contributed by atoms with van der Waals surface area (Å²) in [5.74, 6) is 1.05. The molecule has 0 saturated heterocycles. The molecule has 1 fully saturated rings. The highest BCUT2D eigenvalue weighted by Gasteiger charge is 2.35. The van der Waals surface area contributed by atoms with Crippen molar-refractivity contribution in [1.29, 1.82) is 0 Å². The molecule has 0 bridgehead atoms. The smallest absolute Gasteiger partial charge is 0.382 e. The maximum atomic E-state index is 13.1. The SMILES string of the molecule is CC1CCC(Nc2ccc(Br)cc2C(F)(F)F)C(C)C1. The zero-order chi connectivity index (χ0) is 14.9. The quantitative estimate of drug-likeness (QED) is 0.721. The maximum absolute atomic E-state index is 13.1. The van der Waals surface area contributed by atoms with Crippen LogP contribution in [0.15, 0.2) is 22.7 Å². The van der Waals surface area contributed by atoms with E-state index in [-0.39, 0.29) is 11.7 Å². The second-order valence-electron chi connectivity index (χ2n) is 5.83. The van der Waals surface area contributed by atoms with Gasteiger partial charge >= 0.3 is 6.18 Å². The minimum Gasteiger partial charge on any atom is -0.382 e. The highest BCUT2D eigenvalue weighted by Crippen LogP contribution is 2.38. The van der Waals surface area contributed by atoms with Gasteiger partial charge < -0.3 is 5.32 Å². The first-order valence-corrected chi connectivity index (χ1v) is 7.70. The number of nitrogens with one attached hydrogen (secondary N) is 1. The summed E-state index contributed by atoms with van der Waals surface area (Å²) in [4.78, 5) is 0. The number of halogens is 4. The van der Waals surface area contributed by atoms with Crippen molar-refractivity contribution >= 4 is 21.6 Å². The zero-order valence-corrected chi connectivity index (χ0v) is 13.2. The molecule has 0 radical (unpaired) electrons. The number of rotatable bonds is 2. The molecule has 2 rings (SSSR count). The van der Waals surface area contributed by atoms with Crippen molar-refractivity contribution < 1.29 is 13.2 Å². The van der Waals surface area contributed by atoms with Crippen LogP contribution in [0.1, 0.15) is 38.7 Å². The van der Waals surface area contributed by atoms with E-state index in [1.807, 2.05) is 0 Å². The lowest BCUT2D eigenvalue weighted by Gasteiger charge is -2.34. The van der Waals surface area contributed by atoms with Crippen LogP contribution in [0, 0.1) is 11.8 Å². The van der Waals surface area contributed by atoms with E-state index in [0.717, 1.165) is 25.3 Å². The van der Waals surface area contributed by atoms with Crippen LogP contribution < -0.4 is 5.32 Å². The van der Waals surface area contributed by atoms with Crippen molar-refractivity contribution in [2.75, 3.05) is 5.32 Å². The van der Waals surface area contributed by atoms with Gasteiger partial charge in [-0.1, -0.05) is 29.8 Å². The molecule has 1 nitrogen and oxygen atoms in total. The first-order chi connectivity index (χ1) is 9.27. The lowest BCUT2D eigenvalue weighted by Crippen LogP contribution is -2.33. The maximum Gasteiger partial charge on any atom is 0.418 e. The molecule has 0 aliphatic heterocycles. The minimum absolute atomic E-state index is 0.119. The van der Waals surface area contributed by atoms with Crippen LogP contribution in [0.5, 0.6) is 0 Å². The van der Waals surface area contributed by atoms with Gasteiger partial charge in [0, 0.05) is 16.2 Å². The predicted octanol–water partition coefficient (Wildman–Crippen LogP) is 5.70. The number of hydrogen-bond donors (Lipinski definition) is 1. The Balaban J connectivity index is 2.21. The highest BCUT2D eigenvalue weighted by molar-refractivity contribution is 9.10. The Bertz CT molecular complexity index is 473. The number of alkyl halides is 3. The van der Waals surface area contributed by atoms with Gasteiger partial charge in [-0.05, 0) is 49.3 Å². The average molecular weight is 350 g/mol. The summed E-state index contributed by atoms with van der Waals surface area (Å²) in [5, 5.41) is 3.11. The molecule has 20 heavy (non-hydrogen) atoms. The Kier molecular flexibility index (Phi) is 4.67. The monoisotopic (exact) mass is 349 g/mol. The van der Waals surface area contributed by atoms with Crippen molar-refractivity contribution in [3.05, 3.63) is 28.2 Å². The number of anilines is 1. The summed E-state index contributed by atoms with van der Waals surface area (Å²) in [6, 6.07) is 4.41. The second kappa shape index (κ2) is 5.96. The molecule has 1 N–H and O–H groups in total. The van der Waals surface area contributed by atoms with Gasteiger partial charge in [-0.3, -0.25) is 0 Å².